The van der Waals surface area contributed by atoms with Gasteiger partial charge in [0, 0.05) is 42.6 Å². The Bertz CT molecular complexity index is 1720. The number of nitrogens with zero attached hydrogens (tertiary/aromatic N) is 6. The summed E-state index contributed by atoms with van der Waals surface area (Å²) in [5.74, 6) is 0.620. The molecule has 0 atom stereocenters. The topological polar surface area (TPSA) is 128 Å². The van der Waals surface area contributed by atoms with Gasteiger partial charge in [0.05, 0.1) is 37.3 Å². The standard InChI is InChI=1S/C30H32N8O4/c1-3-24-25(35-29(39)42-23-11-13-36(14-12-23)30(40)41-2)18-38-27(24)28(31-19-33-38)34-22-9-10-26-21(15-22)16-32-37(26)17-20-7-5-4-6-8-20/h4-10,15-16,18-19,23H,3,11-14,17H2,1-2H3,(H,35,39)(H,31,33,34). The van der Waals surface area contributed by atoms with Crippen molar-refractivity contribution in [1.82, 2.24) is 29.3 Å². The van der Waals surface area contributed by atoms with Crippen LogP contribution in [0.5, 0.6) is 0 Å². The van der Waals surface area contributed by atoms with Gasteiger partial charge in [-0.15, -0.1) is 0 Å². The number of piperidine rings is 1. The molecule has 0 unspecified atom stereocenters. The van der Waals surface area contributed by atoms with Crippen LogP contribution in [0.15, 0.2) is 67.3 Å². The predicted octanol–water partition coefficient (Wildman–Crippen LogP) is 5.21. The summed E-state index contributed by atoms with van der Waals surface area (Å²) in [6.45, 7) is 3.66. The number of likely N-dealkylation sites (tertiary alicyclic amines) is 1. The molecule has 0 spiro atoms. The number of carbonyl (C=O) groups excluding carboxylic acids is 2. The molecule has 1 aliphatic rings. The van der Waals surface area contributed by atoms with Gasteiger partial charge in [-0.05, 0) is 30.2 Å². The highest BCUT2D eigenvalue weighted by Gasteiger charge is 2.26. The number of aryl methyl sites for hydroxylation is 1. The Hall–Kier alpha value is -5.13. The van der Waals surface area contributed by atoms with Crippen LogP contribution in [-0.4, -0.2) is 67.8 Å². The van der Waals surface area contributed by atoms with Gasteiger partial charge in [0.25, 0.3) is 0 Å². The number of hydrogen-bond acceptors (Lipinski definition) is 8. The third-order valence-corrected chi connectivity index (χ3v) is 7.50. The molecule has 216 valence electrons. The fraction of sp³-hybridized carbons (Fsp3) is 0.300. The molecular formula is C30H32N8O4. The average Bonchev–Trinajstić information content (AvgIpc) is 3.58. The molecule has 2 amide bonds. The Labute approximate surface area is 242 Å². The predicted molar refractivity (Wildman–Crippen MR) is 158 cm³/mol. The van der Waals surface area contributed by atoms with Gasteiger partial charge in [-0.1, -0.05) is 37.3 Å². The van der Waals surface area contributed by atoms with Crippen molar-refractivity contribution >= 4 is 45.8 Å². The smallest absolute Gasteiger partial charge is 0.411 e. The Kier molecular flexibility index (Phi) is 7.58. The molecule has 5 aromatic rings. The maximum absolute atomic E-state index is 12.8. The van der Waals surface area contributed by atoms with E-state index in [1.165, 1.54) is 19.0 Å². The van der Waals surface area contributed by atoms with Crippen LogP contribution in [0.3, 0.4) is 0 Å². The van der Waals surface area contributed by atoms with Crippen LogP contribution in [0, 0.1) is 0 Å². The van der Waals surface area contributed by atoms with Gasteiger partial charge in [0.2, 0.25) is 0 Å². The molecule has 0 aliphatic carbocycles. The first-order valence-corrected chi connectivity index (χ1v) is 13.9. The third-order valence-electron chi connectivity index (χ3n) is 7.50. The van der Waals surface area contributed by atoms with Gasteiger partial charge in [-0.2, -0.15) is 10.2 Å². The maximum atomic E-state index is 12.8. The highest BCUT2D eigenvalue weighted by Crippen LogP contribution is 2.31. The second kappa shape index (κ2) is 11.8. The number of nitrogens with one attached hydrogen (secondary N) is 2. The van der Waals surface area contributed by atoms with Crippen LogP contribution in [0.25, 0.3) is 16.4 Å². The lowest BCUT2D eigenvalue weighted by Gasteiger charge is -2.30. The largest absolute Gasteiger partial charge is 0.453 e. The zero-order chi connectivity index (χ0) is 29.1. The monoisotopic (exact) mass is 568 g/mol. The Morgan fingerprint density at radius 2 is 1.88 bits per heavy atom. The molecule has 12 heteroatoms. The number of rotatable bonds is 7. The number of amides is 2. The number of carbonyl (C=O) groups is 2. The number of hydrogen-bond donors (Lipinski definition) is 2. The number of anilines is 3. The van der Waals surface area contributed by atoms with Crippen molar-refractivity contribution in [2.24, 2.45) is 0 Å². The normalized spacial score (nSPS) is 13.8. The van der Waals surface area contributed by atoms with Crippen molar-refractivity contribution in [1.29, 1.82) is 0 Å². The summed E-state index contributed by atoms with van der Waals surface area (Å²) < 4.78 is 14.1. The fourth-order valence-electron chi connectivity index (χ4n) is 5.39. The zero-order valence-electron chi connectivity index (χ0n) is 23.5. The van der Waals surface area contributed by atoms with Crippen LogP contribution in [0.2, 0.25) is 0 Å². The molecule has 3 aromatic heterocycles. The van der Waals surface area contributed by atoms with Crippen molar-refractivity contribution in [3.63, 3.8) is 0 Å². The molecule has 0 bridgehead atoms. The van der Waals surface area contributed by atoms with Crippen LogP contribution in [0.4, 0.5) is 26.8 Å². The van der Waals surface area contributed by atoms with E-state index in [9.17, 15) is 9.59 Å². The molecule has 1 fully saturated rings. The number of methoxy groups -OCH3 is 1. The summed E-state index contributed by atoms with van der Waals surface area (Å²) in [7, 11) is 1.36. The molecule has 42 heavy (non-hydrogen) atoms. The summed E-state index contributed by atoms with van der Waals surface area (Å²) in [4.78, 5) is 30.6. The second-order valence-electron chi connectivity index (χ2n) is 10.1. The number of fused-ring (bicyclic) bond motifs is 2. The lowest BCUT2D eigenvalue weighted by molar-refractivity contribution is 0.0535. The van der Waals surface area contributed by atoms with E-state index in [-0.39, 0.29) is 12.2 Å². The van der Waals surface area contributed by atoms with Gasteiger partial charge in [-0.3, -0.25) is 10.00 Å². The Morgan fingerprint density at radius 3 is 2.64 bits per heavy atom. The minimum absolute atomic E-state index is 0.281. The zero-order valence-corrected chi connectivity index (χ0v) is 23.5. The second-order valence-corrected chi connectivity index (χ2v) is 10.1. The van der Waals surface area contributed by atoms with Gasteiger partial charge in [0.15, 0.2) is 5.82 Å². The molecule has 4 heterocycles. The van der Waals surface area contributed by atoms with Crippen molar-refractivity contribution in [2.75, 3.05) is 30.8 Å². The van der Waals surface area contributed by atoms with Crippen molar-refractivity contribution in [3.05, 3.63) is 78.4 Å². The van der Waals surface area contributed by atoms with Gasteiger partial charge < -0.3 is 19.7 Å². The first-order valence-electron chi connectivity index (χ1n) is 13.9. The Balaban J connectivity index is 1.17. The van der Waals surface area contributed by atoms with E-state index in [2.05, 4.69) is 37.9 Å². The molecule has 2 N–H and O–H groups in total. The first kappa shape index (κ1) is 27.1. The van der Waals surface area contributed by atoms with E-state index < -0.39 is 6.09 Å². The summed E-state index contributed by atoms with van der Waals surface area (Å²) in [5.41, 5.74) is 5.34. The van der Waals surface area contributed by atoms with Crippen molar-refractivity contribution in [3.8, 4) is 0 Å². The highest BCUT2D eigenvalue weighted by molar-refractivity contribution is 5.91. The maximum Gasteiger partial charge on any atom is 0.411 e. The molecule has 0 radical (unpaired) electrons. The lowest BCUT2D eigenvalue weighted by Crippen LogP contribution is -2.41. The summed E-state index contributed by atoms with van der Waals surface area (Å²) >= 11 is 0. The van der Waals surface area contributed by atoms with E-state index in [1.54, 1.807) is 15.6 Å². The third kappa shape index (κ3) is 5.55. The average molecular weight is 569 g/mol. The minimum Gasteiger partial charge on any atom is -0.453 e. The highest BCUT2D eigenvalue weighted by atomic mass is 16.6. The summed E-state index contributed by atoms with van der Waals surface area (Å²) in [6, 6.07) is 16.3. The SMILES string of the molecule is CCc1c(NC(=O)OC2CCN(C(=O)OC)CC2)cn2ncnc(Nc3ccc4c(cnn4Cc4ccccc4)c3)c12. The van der Waals surface area contributed by atoms with Gasteiger partial charge in [0.1, 0.15) is 17.9 Å². The lowest BCUT2D eigenvalue weighted by atomic mass is 10.1. The molecule has 0 saturated carbocycles. The van der Waals surface area contributed by atoms with E-state index in [1.807, 2.05) is 54.2 Å². The number of benzene rings is 2. The van der Waals surface area contributed by atoms with E-state index >= 15 is 0 Å². The molecule has 12 nitrogen and oxygen atoms in total. The molecule has 1 aliphatic heterocycles. The minimum atomic E-state index is -0.544. The molecular weight excluding hydrogens is 536 g/mol. The number of ether oxygens (including phenoxy) is 2. The summed E-state index contributed by atoms with van der Waals surface area (Å²) in [5, 5.41) is 16.3. The molecule has 2 aromatic carbocycles. The van der Waals surface area contributed by atoms with Gasteiger partial charge in [-0.25, -0.2) is 19.1 Å². The van der Waals surface area contributed by atoms with Crippen LogP contribution in [-0.2, 0) is 22.4 Å². The first-order chi connectivity index (χ1) is 20.5. The van der Waals surface area contributed by atoms with Crippen LogP contribution in [0.1, 0.15) is 30.9 Å². The molecule has 6 rings (SSSR count). The number of aromatic nitrogens is 5. The van der Waals surface area contributed by atoms with Crippen molar-refractivity contribution < 1.29 is 19.1 Å². The Morgan fingerprint density at radius 1 is 1.07 bits per heavy atom. The van der Waals surface area contributed by atoms with Gasteiger partial charge >= 0.3 is 12.2 Å². The van der Waals surface area contributed by atoms with E-state index in [4.69, 9.17) is 9.47 Å². The van der Waals surface area contributed by atoms with Crippen LogP contribution < -0.4 is 10.6 Å². The van der Waals surface area contributed by atoms with Crippen molar-refractivity contribution in [2.45, 2.75) is 38.8 Å². The molecule has 1 saturated heterocycles. The fourth-order valence-corrected chi connectivity index (χ4v) is 5.39. The van der Waals surface area contributed by atoms with E-state index in [0.29, 0.717) is 50.4 Å². The van der Waals surface area contributed by atoms with E-state index in [0.717, 1.165) is 27.7 Å². The summed E-state index contributed by atoms with van der Waals surface area (Å²) in [6.07, 6.45) is 5.65. The quantitative estimate of drug-likeness (QED) is 0.274. The van der Waals surface area contributed by atoms with Crippen LogP contribution >= 0.6 is 0 Å².